The molecule has 0 amide bonds. The molecule has 0 bridgehead atoms. The van der Waals surface area contributed by atoms with Crippen LogP contribution in [0, 0.1) is 0 Å². The van der Waals surface area contributed by atoms with E-state index in [0.29, 0.717) is 5.92 Å². The van der Waals surface area contributed by atoms with Crippen LogP contribution in [0.15, 0.2) is 54.6 Å². The van der Waals surface area contributed by atoms with E-state index in [4.69, 9.17) is 0 Å². The lowest BCUT2D eigenvalue weighted by atomic mass is 9.96. The molecule has 0 heterocycles. The van der Waals surface area contributed by atoms with Crippen molar-refractivity contribution < 1.29 is 4.79 Å². The zero-order valence-electron chi connectivity index (χ0n) is 11.3. The van der Waals surface area contributed by atoms with Crippen LogP contribution in [0.2, 0.25) is 0 Å². The Hall–Kier alpha value is -2.15. The van der Waals surface area contributed by atoms with Gasteiger partial charge in [0.1, 0.15) is 6.29 Å². The number of carbonyl (C=O) groups excluding carboxylic acids is 1. The Morgan fingerprint density at radius 2 is 1.63 bits per heavy atom. The monoisotopic (exact) mass is 250 g/mol. The Balaban J connectivity index is 2.41. The molecule has 0 saturated heterocycles. The van der Waals surface area contributed by atoms with Crippen LogP contribution in [0.1, 0.15) is 30.9 Å². The average Bonchev–Trinajstić information content (AvgIpc) is 2.45. The number of hydrogen-bond acceptors (Lipinski definition) is 1. The van der Waals surface area contributed by atoms with Crippen LogP contribution >= 0.6 is 0 Å². The Morgan fingerprint density at radius 1 is 0.947 bits per heavy atom. The molecule has 0 atom stereocenters. The predicted octanol–water partition coefficient (Wildman–Crippen LogP) is 4.69. The van der Waals surface area contributed by atoms with Crippen LogP contribution in [0.4, 0.5) is 0 Å². The van der Waals surface area contributed by atoms with E-state index in [9.17, 15) is 4.79 Å². The third-order valence-electron chi connectivity index (χ3n) is 3.20. The first-order valence-corrected chi connectivity index (χ1v) is 6.53. The van der Waals surface area contributed by atoms with Crippen LogP contribution in [0.25, 0.3) is 17.2 Å². The van der Waals surface area contributed by atoms with Crippen molar-refractivity contribution in [2.45, 2.75) is 19.8 Å². The van der Waals surface area contributed by atoms with Crippen molar-refractivity contribution in [1.29, 1.82) is 0 Å². The Bertz CT molecular complexity index is 577. The van der Waals surface area contributed by atoms with Crippen LogP contribution in [0.5, 0.6) is 0 Å². The number of aldehydes is 1. The molecule has 2 rings (SSSR count). The van der Waals surface area contributed by atoms with Crippen LogP contribution in [-0.2, 0) is 4.79 Å². The first-order chi connectivity index (χ1) is 9.22. The van der Waals surface area contributed by atoms with Crippen molar-refractivity contribution in [3.05, 3.63) is 65.7 Å². The fourth-order valence-corrected chi connectivity index (χ4v) is 2.10. The summed E-state index contributed by atoms with van der Waals surface area (Å²) in [6.45, 7) is 4.38. The molecule has 96 valence electrons. The first-order valence-electron chi connectivity index (χ1n) is 6.53. The Kier molecular flexibility index (Phi) is 4.30. The van der Waals surface area contributed by atoms with Gasteiger partial charge in [0.05, 0.1) is 0 Å². The highest BCUT2D eigenvalue weighted by Gasteiger charge is 2.03. The van der Waals surface area contributed by atoms with E-state index < -0.39 is 0 Å². The number of hydrogen-bond donors (Lipinski definition) is 0. The topological polar surface area (TPSA) is 17.1 Å². The van der Waals surface area contributed by atoms with Crippen molar-refractivity contribution in [1.82, 2.24) is 0 Å². The van der Waals surface area contributed by atoms with Gasteiger partial charge < -0.3 is 0 Å². The van der Waals surface area contributed by atoms with Gasteiger partial charge in [-0.2, -0.15) is 0 Å². The van der Waals surface area contributed by atoms with Gasteiger partial charge in [0, 0.05) is 0 Å². The second kappa shape index (κ2) is 6.14. The maximum Gasteiger partial charge on any atom is 0.142 e. The summed E-state index contributed by atoms with van der Waals surface area (Å²) in [5, 5.41) is 0. The quantitative estimate of drug-likeness (QED) is 0.568. The Labute approximate surface area is 114 Å². The molecular formula is C18H18O. The summed E-state index contributed by atoms with van der Waals surface area (Å²) in [6.07, 6.45) is 4.18. The minimum atomic E-state index is 0.541. The molecular weight excluding hydrogens is 232 g/mol. The van der Waals surface area contributed by atoms with Gasteiger partial charge >= 0.3 is 0 Å². The van der Waals surface area contributed by atoms with Gasteiger partial charge in [-0.05, 0) is 34.2 Å². The van der Waals surface area contributed by atoms with Gasteiger partial charge in [0.25, 0.3) is 0 Å². The van der Waals surface area contributed by atoms with E-state index in [1.54, 1.807) is 0 Å². The molecule has 0 aliphatic heterocycles. The summed E-state index contributed by atoms with van der Waals surface area (Å²) in [7, 11) is 0. The van der Waals surface area contributed by atoms with Crippen LogP contribution < -0.4 is 0 Å². The van der Waals surface area contributed by atoms with Gasteiger partial charge in [0.15, 0.2) is 0 Å². The molecule has 0 aliphatic rings. The number of rotatable bonds is 4. The van der Waals surface area contributed by atoms with Crippen molar-refractivity contribution in [2.75, 3.05) is 0 Å². The molecule has 0 aromatic heterocycles. The van der Waals surface area contributed by atoms with Crippen molar-refractivity contribution in [3.8, 4) is 11.1 Å². The summed E-state index contributed by atoms with van der Waals surface area (Å²) >= 11 is 0. The normalized spacial score (nSPS) is 11.1. The van der Waals surface area contributed by atoms with Crippen LogP contribution in [0.3, 0.4) is 0 Å². The van der Waals surface area contributed by atoms with Crippen LogP contribution in [-0.4, -0.2) is 6.29 Å². The summed E-state index contributed by atoms with van der Waals surface area (Å²) in [6, 6.07) is 16.7. The van der Waals surface area contributed by atoms with E-state index >= 15 is 0 Å². The van der Waals surface area contributed by atoms with Gasteiger partial charge in [-0.3, -0.25) is 4.79 Å². The zero-order valence-corrected chi connectivity index (χ0v) is 11.3. The molecule has 1 heteroatoms. The largest absolute Gasteiger partial charge is 0.299 e. The summed E-state index contributed by atoms with van der Waals surface area (Å²) < 4.78 is 0. The molecule has 0 spiro atoms. The molecule has 0 aliphatic carbocycles. The minimum absolute atomic E-state index is 0.541. The number of carbonyl (C=O) groups is 1. The maximum atomic E-state index is 10.5. The molecule has 19 heavy (non-hydrogen) atoms. The smallest absolute Gasteiger partial charge is 0.142 e. The lowest BCUT2D eigenvalue weighted by Gasteiger charge is -2.09. The van der Waals surface area contributed by atoms with E-state index in [1.165, 1.54) is 17.2 Å². The van der Waals surface area contributed by atoms with E-state index in [0.717, 1.165) is 17.4 Å². The van der Waals surface area contributed by atoms with Crippen molar-refractivity contribution in [3.63, 3.8) is 0 Å². The standard InChI is InChI=1S/C18H18O/c1-14(2)15-9-11-17(12-10-15)18-8-4-3-6-16(18)7-5-13-19/h3-14H,1-2H3. The number of benzene rings is 2. The average molecular weight is 250 g/mol. The molecule has 0 N–H and O–H groups in total. The highest BCUT2D eigenvalue weighted by molar-refractivity contribution is 5.81. The first kappa shape index (κ1) is 13.3. The molecule has 2 aromatic rings. The van der Waals surface area contributed by atoms with Crippen molar-refractivity contribution >= 4 is 12.4 Å². The second-order valence-corrected chi connectivity index (χ2v) is 4.86. The van der Waals surface area contributed by atoms with E-state index in [2.05, 4.69) is 44.2 Å². The molecule has 2 aromatic carbocycles. The van der Waals surface area contributed by atoms with E-state index in [-0.39, 0.29) is 0 Å². The lowest BCUT2D eigenvalue weighted by molar-refractivity contribution is -0.104. The molecule has 0 unspecified atom stereocenters. The molecule has 0 saturated carbocycles. The third kappa shape index (κ3) is 3.19. The molecule has 1 nitrogen and oxygen atoms in total. The van der Waals surface area contributed by atoms with Crippen molar-refractivity contribution in [2.24, 2.45) is 0 Å². The highest BCUT2D eigenvalue weighted by Crippen LogP contribution is 2.26. The minimum Gasteiger partial charge on any atom is -0.299 e. The fraction of sp³-hybridized carbons (Fsp3) is 0.167. The van der Waals surface area contributed by atoms with Gasteiger partial charge in [0.2, 0.25) is 0 Å². The number of allylic oxidation sites excluding steroid dienone is 1. The summed E-state index contributed by atoms with van der Waals surface area (Å²) in [5.41, 5.74) is 4.73. The van der Waals surface area contributed by atoms with Gasteiger partial charge in [-0.15, -0.1) is 0 Å². The lowest BCUT2D eigenvalue weighted by Crippen LogP contribution is -1.88. The van der Waals surface area contributed by atoms with Gasteiger partial charge in [-0.25, -0.2) is 0 Å². The molecule has 0 fully saturated rings. The third-order valence-corrected chi connectivity index (χ3v) is 3.20. The predicted molar refractivity (Wildman–Crippen MR) is 81.1 cm³/mol. The summed E-state index contributed by atoms with van der Waals surface area (Å²) in [4.78, 5) is 10.5. The maximum absolute atomic E-state index is 10.5. The van der Waals surface area contributed by atoms with Gasteiger partial charge in [-0.1, -0.05) is 68.5 Å². The fourth-order valence-electron chi connectivity index (χ4n) is 2.10. The summed E-state index contributed by atoms with van der Waals surface area (Å²) in [5.74, 6) is 0.541. The highest BCUT2D eigenvalue weighted by atomic mass is 16.1. The zero-order chi connectivity index (χ0) is 13.7. The molecule has 0 radical (unpaired) electrons. The second-order valence-electron chi connectivity index (χ2n) is 4.86. The Morgan fingerprint density at radius 3 is 2.26 bits per heavy atom. The SMILES string of the molecule is CC(C)c1ccc(-c2ccccc2C=CC=O)cc1. The van der Waals surface area contributed by atoms with E-state index in [1.807, 2.05) is 24.3 Å².